The van der Waals surface area contributed by atoms with Crippen molar-refractivity contribution in [1.82, 2.24) is 4.31 Å². The van der Waals surface area contributed by atoms with Crippen LogP contribution < -0.4 is 5.73 Å². The van der Waals surface area contributed by atoms with Crippen LogP contribution in [0.2, 0.25) is 0 Å². The monoisotopic (exact) mass is 287 g/mol. The molecule has 1 rings (SSSR count). The van der Waals surface area contributed by atoms with Crippen molar-refractivity contribution in [2.75, 3.05) is 20.1 Å². The Kier molecular flexibility index (Phi) is 4.98. The van der Waals surface area contributed by atoms with E-state index in [9.17, 15) is 18.5 Å². The predicted molar refractivity (Wildman–Crippen MR) is 71.3 cm³/mol. The number of aryl methyl sites for hydroxylation is 1. The first-order chi connectivity index (χ1) is 8.82. The molecule has 0 heterocycles. The molecule has 0 bridgehead atoms. The molecule has 0 aliphatic carbocycles. The Morgan fingerprint density at radius 2 is 2.05 bits per heavy atom. The Labute approximate surface area is 112 Å². The van der Waals surface area contributed by atoms with Crippen LogP contribution in [0.15, 0.2) is 23.1 Å². The number of nitrogens with two attached hydrogens (primary N) is 1. The largest absolute Gasteiger partial charge is 0.330 e. The molecule has 19 heavy (non-hydrogen) atoms. The van der Waals surface area contributed by atoms with E-state index in [0.717, 1.165) is 4.31 Å². The molecule has 0 fully saturated rings. The van der Waals surface area contributed by atoms with Crippen molar-refractivity contribution in [3.63, 3.8) is 0 Å². The molecule has 106 valence electrons. The molecular formula is C11H17N3O4S. The topological polar surface area (TPSA) is 107 Å². The molecule has 0 unspecified atom stereocenters. The van der Waals surface area contributed by atoms with Crippen LogP contribution in [0.5, 0.6) is 0 Å². The molecule has 0 aromatic heterocycles. The van der Waals surface area contributed by atoms with Crippen molar-refractivity contribution < 1.29 is 13.3 Å². The van der Waals surface area contributed by atoms with Crippen LogP contribution in [0.25, 0.3) is 0 Å². The van der Waals surface area contributed by atoms with Crippen LogP contribution in [0.3, 0.4) is 0 Å². The highest BCUT2D eigenvalue weighted by Gasteiger charge is 2.30. The van der Waals surface area contributed by atoms with Crippen molar-refractivity contribution in [2.45, 2.75) is 18.2 Å². The number of sulfonamides is 1. The van der Waals surface area contributed by atoms with E-state index in [4.69, 9.17) is 5.73 Å². The number of nitro benzene ring substituents is 1. The van der Waals surface area contributed by atoms with Crippen molar-refractivity contribution in [3.05, 3.63) is 33.9 Å². The van der Waals surface area contributed by atoms with Gasteiger partial charge in [-0.1, -0.05) is 12.1 Å². The van der Waals surface area contributed by atoms with E-state index in [1.54, 1.807) is 0 Å². The van der Waals surface area contributed by atoms with Crippen LogP contribution >= 0.6 is 0 Å². The Morgan fingerprint density at radius 3 is 2.58 bits per heavy atom. The molecule has 1 aromatic carbocycles. The molecule has 8 heteroatoms. The number of hydrogen-bond donors (Lipinski definition) is 1. The highest BCUT2D eigenvalue weighted by Crippen LogP contribution is 2.29. The third-order valence-electron chi connectivity index (χ3n) is 2.73. The Balaban J connectivity index is 3.32. The third-order valence-corrected chi connectivity index (χ3v) is 4.78. The number of nitrogens with zero attached hydrogens (tertiary/aromatic N) is 2. The number of benzene rings is 1. The second-order valence-electron chi connectivity index (χ2n) is 4.15. The molecule has 0 radical (unpaired) electrons. The second kappa shape index (κ2) is 6.09. The van der Waals surface area contributed by atoms with E-state index in [-0.39, 0.29) is 11.4 Å². The maximum Gasteiger partial charge on any atom is 0.289 e. The molecular weight excluding hydrogens is 270 g/mol. The fourth-order valence-corrected chi connectivity index (χ4v) is 3.27. The summed E-state index contributed by atoms with van der Waals surface area (Å²) in [5.74, 6) is 0. The molecule has 0 aliphatic rings. The minimum atomic E-state index is -3.88. The van der Waals surface area contributed by atoms with Gasteiger partial charge in [0.05, 0.1) is 4.92 Å². The van der Waals surface area contributed by atoms with Gasteiger partial charge < -0.3 is 5.73 Å². The van der Waals surface area contributed by atoms with Gasteiger partial charge in [-0.3, -0.25) is 10.1 Å². The lowest BCUT2D eigenvalue weighted by Crippen LogP contribution is -2.30. The van der Waals surface area contributed by atoms with Gasteiger partial charge in [0.25, 0.3) is 5.69 Å². The summed E-state index contributed by atoms with van der Waals surface area (Å²) in [7, 11) is -2.49. The van der Waals surface area contributed by atoms with Crippen LogP contribution in [0.1, 0.15) is 12.0 Å². The average Bonchev–Trinajstić information content (AvgIpc) is 2.34. The zero-order valence-corrected chi connectivity index (χ0v) is 11.7. The van der Waals surface area contributed by atoms with E-state index >= 15 is 0 Å². The number of hydrogen-bond acceptors (Lipinski definition) is 5. The van der Waals surface area contributed by atoms with Crippen molar-refractivity contribution in [2.24, 2.45) is 5.73 Å². The van der Waals surface area contributed by atoms with Gasteiger partial charge in [-0.05, 0) is 25.5 Å². The normalized spacial score (nSPS) is 11.8. The molecule has 1 aromatic rings. The molecule has 2 N–H and O–H groups in total. The van der Waals surface area contributed by atoms with Gasteiger partial charge in [0.2, 0.25) is 10.0 Å². The molecule has 0 spiro atoms. The first kappa shape index (κ1) is 15.5. The molecule has 0 atom stereocenters. The van der Waals surface area contributed by atoms with Crippen LogP contribution in [-0.4, -0.2) is 37.8 Å². The second-order valence-corrected chi connectivity index (χ2v) is 6.13. The molecule has 0 saturated carbocycles. The van der Waals surface area contributed by atoms with Gasteiger partial charge in [0.1, 0.15) is 0 Å². The smallest absolute Gasteiger partial charge is 0.289 e. The van der Waals surface area contributed by atoms with Gasteiger partial charge in [-0.25, -0.2) is 12.7 Å². The van der Waals surface area contributed by atoms with Gasteiger partial charge in [-0.2, -0.15) is 0 Å². The zero-order valence-electron chi connectivity index (χ0n) is 10.9. The summed E-state index contributed by atoms with van der Waals surface area (Å²) < 4.78 is 25.8. The number of rotatable bonds is 6. The lowest BCUT2D eigenvalue weighted by Gasteiger charge is -2.17. The summed E-state index contributed by atoms with van der Waals surface area (Å²) in [4.78, 5) is 10.0. The van der Waals surface area contributed by atoms with Gasteiger partial charge in [0.15, 0.2) is 4.90 Å². The Bertz CT molecular complexity index is 571. The van der Waals surface area contributed by atoms with Crippen molar-refractivity contribution in [1.29, 1.82) is 0 Å². The highest BCUT2D eigenvalue weighted by molar-refractivity contribution is 7.89. The minimum Gasteiger partial charge on any atom is -0.330 e. The zero-order chi connectivity index (χ0) is 14.6. The molecule has 0 saturated heterocycles. The summed E-state index contributed by atoms with van der Waals surface area (Å²) in [6.45, 7) is 2.12. The minimum absolute atomic E-state index is 0.227. The van der Waals surface area contributed by atoms with Gasteiger partial charge in [-0.15, -0.1) is 0 Å². The van der Waals surface area contributed by atoms with Crippen molar-refractivity contribution in [3.8, 4) is 0 Å². The Hall–Kier alpha value is -1.51. The first-order valence-electron chi connectivity index (χ1n) is 5.72. The SMILES string of the molecule is Cc1cccc([N+](=O)[O-])c1S(=O)(=O)N(C)CCCN. The summed E-state index contributed by atoms with van der Waals surface area (Å²) in [6, 6.07) is 4.19. The average molecular weight is 287 g/mol. The summed E-state index contributed by atoms with van der Waals surface area (Å²) in [5.41, 5.74) is 5.29. The van der Waals surface area contributed by atoms with Gasteiger partial charge in [0, 0.05) is 19.7 Å². The molecule has 0 amide bonds. The highest BCUT2D eigenvalue weighted by atomic mass is 32.2. The lowest BCUT2D eigenvalue weighted by atomic mass is 10.2. The standard InChI is InChI=1S/C11H17N3O4S/c1-9-5-3-6-10(14(15)16)11(9)19(17,18)13(2)8-4-7-12/h3,5-6H,4,7-8,12H2,1-2H3. The fourth-order valence-electron chi connectivity index (χ4n) is 1.71. The summed E-state index contributed by atoms with van der Waals surface area (Å²) in [5, 5.41) is 11.0. The summed E-state index contributed by atoms with van der Waals surface area (Å²) in [6.07, 6.45) is 0.495. The molecule has 0 aliphatic heterocycles. The van der Waals surface area contributed by atoms with Gasteiger partial charge >= 0.3 is 0 Å². The van der Waals surface area contributed by atoms with E-state index < -0.39 is 20.6 Å². The van der Waals surface area contributed by atoms with Crippen LogP contribution in [-0.2, 0) is 10.0 Å². The fraction of sp³-hybridized carbons (Fsp3) is 0.455. The van der Waals surface area contributed by atoms with E-state index in [1.165, 1.54) is 32.2 Å². The summed E-state index contributed by atoms with van der Waals surface area (Å²) >= 11 is 0. The Morgan fingerprint density at radius 1 is 1.42 bits per heavy atom. The maximum atomic E-state index is 12.4. The lowest BCUT2D eigenvalue weighted by molar-refractivity contribution is -0.387. The third kappa shape index (κ3) is 3.28. The van der Waals surface area contributed by atoms with E-state index in [1.807, 2.05) is 0 Å². The maximum absolute atomic E-state index is 12.4. The predicted octanol–water partition coefficient (Wildman–Crippen LogP) is 0.873. The number of nitro groups is 1. The van der Waals surface area contributed by atoms with Crippen LogP contribution in [0.4, 0.5) is 5.69 Å². The quantitative estimate of drug-likeness (QED) is 0.617. The molecule has 7 nitrogen and oxygen atoms in total. The van der Waals surface area contributed by atoms with Crippen LogP contribution in [0, 0.1) is 17.0 Å². The van der Waals surface area contributed by atoms with E-state index in [2.05, 4.69) is 0 Å². The first-order valence-corrected chi connectivity index (χ1v) is 7.16. The van der Waals surface area contributed by atoms with Crippen molar-refractivity contribution >= 4 is 15.7 Å². The van der Waals surface area contributed by atoms with E-state index in [0.29, 0.717) is 18.5 Å².